The molecule has 0 aliphatic rings. The Bertz CT molecular complexity index is 979. The zero-order valence-corrected chi connectivity index (χ0v) is 17.5. The van der Waals surface area contributed by atoms with Crippen molar-refractivity contribution in [3.05, 3.63) is 102 Å². The van der Waals surface area contributed by atoms with Crippen LogP contribution >= 0.6 is 0 Å². The van der Waals surface area contributed by atoms with Gasteiger partial charge in [-0.25, -0.2) is 4.39 Å². The number of carbonyl (C=O) groups is 2. The van der Waals surface area contributed by atoms with E-state index in [9.17, 15) is 14.0 Å². The van der Waals surface area contributed by atoms with Gasteiger partial charge in [-0.15, -0.1) is 0 Å². The summed E-state index contributed by atoms with van der Waals surface area (Å²) in [6.07, 6.45) is 4.20. The van der Waals surface area contributed by atoms with E-state index in [0.29, 0.717) is 13.0 Å². The number of hydrogen-bond acceptors (Lipinski definition) is 3. The van der Waals surface area contributed by atoms with Gasteiger partial charge in [-0.1, -0.05) is 42.5 Å². The lowest BCUT2D eigenvalue weighted by atomic mass is 10.1. The van der Waals surface area contributed by atoms with Crippen LogP contribution < -0.4 is 5.32 Å². The Morgan fingerprint density at radius 3 is 2.29 bits per heavy atom. The average Bonchev–Trinajstić information content (AvgIpc) is 2.81. The molecule has 5 nitrogen and oxygen atoms in total. The van der Waals surface area contributed by atoms with Gasteiger partial charge < -0.3 is 10.2 Å². The van der Waals surface area contributed by atoms with E-state index < -0.39 is 6.04 Å². The fourth-order valence-corrected chi connectivity index (χ4v) is 3.25. The third-order valence-electron chi connectivity index (χ3n) is 5.12. The van der Waals surface area contributed by atoms with Gasteiger partial charge in [0.05, 0.1) is 0 Å². The zero-order valence-electron chi connectivity index (χ0n) is 17.5. The van der Waals surface area contributed by atoms with E-state index in [1.54, 1.807) is 36.4 Å². The minimum absolute atomic E-state index is 0.125. The van der Waals surface area contributed by atoms with Crippen LogP contribution in [0.4, 0.5) is 4.39 Å². The summed E-state index contributed by atoms with van der Waals surface area (Å²) >= 11 is 0. The number of amides is 2. The quantitative estimate of drug-likeness (QED) is 0.572. The van der Waals surface area contributed by atoms with Crippen molar-refractivity contribution in [3.8, 4) is 0 Å². The number of halogens is 1. The second kappa shape index (κ2) is 11.0. The van der Waals surface area contributed by atoms with Gasteiger partial charge in [0.25, 0.3) is 0 Å². The van der Waals surface area contributed by atoms with E-state index in [1.165, 1.54) is 12.1 Å². The first-order valence-electron chi connectivity index (χ1n) is 10.3. The number of nitrogens with one attached hydrogen (secondary N) is 1. The van der Waals surface area contributed by atoms with Gasteiger partial charge in [0.2, 0.25) is 11.8 Å². The lowest BCUT2D eigenvalue weighted by Gasteiger charge is -2.29. The van der Waals surface area contributed by atoms with Crippen molar-refractivity contribution < 1.29 is 14.0 Å². The highest BCUT2D eigenvalue weighted by atomic mass is 19.1. The molecule has 160 valence electrons. The number of carbonyl (C=O) groups excluding carboxylic acids is 2. The molecule has 2 aromatic carbocycles. The summed E-state index contributed by atoms with van der Waals surface area (Å²) in [4.78, 5) is 31.4. The van der Waals surface area contributed by atoms with Gasteiger partial charge >= 0.3 is 0 Å². The summed E-state index contributed by atoms with van der Waals surface area (Å²) in [6.45, 7) is 2.30. The van der Waals surface area contributed by atoms with Crippen LogP contribution in [0.3, 0.4) is 0 Å². The van der Waals surface area contributed by atoms with Gasteiger partial charge in [-0.2, -0.15) is 0 Å². The largest absolute Gasteiger partial charge is 0.350 e. The molecule has 1 N–H and O–H groups in total. The standard InChI is InChI=1S/C25H26FN3O2/c1-19(25(31)28-17-21-13-15-27-16-14-21)29(18-22-7-10-23(26)11-8-22)24(30)12-9-20-5-3-2-4-6-20/h2-8,10-11,13-16,19H,9,12,17-18H2,1H3,(H,28,31). The Labute approximate surface area is 181 Å². The first-order chi connectivity index (χ1) is 15.0. The normalized spacial score (nSPS) is 11.5. The van der Waals surface area contributed by atoms with Gasteiger partial charge in [-0.05, 0) is 54.3 Å². The van der Waals surface area contributed by atoms with Crippen LogP contribution in [0.25, 0.3) is 0 Å². The Morgan fingerprint density at radius 1 is 0.935 bits per heavy atom. The first-order valence-corrected chi connectivity index (χ1v) is 10.3. The van der Waals surface area contributed by atoms with E-state index in [2.05, 4.69) is 10.3 Å². The molecule has 2 amide bonds. The van der Waals surface area contributed by atoms with Gasteiger partial charge in [0.15, 0.2) is 0 Å². The number of benzene rings is 2. The first kappa shape index (κ1) is 22.2. The number of aromatic nitrogens is 1. The van der Waals surface area contributed by atoms with Crippen molar-refractivity contribution in [2.45, 2.75) is 38.9 Å². The SMILES string of the molecule is CC(C(=O)NCc1ccncc1)N(Cc1ccc(F)cc1)C(=O)CCc1ccccc1. The Kier molecular flexibility index (Phi) is 7.87. The molecule has 0 spiro atoms. The predicted molar refractivity (Wildman–Crippen MR) is 117 cm³/mol. The molecule has 0 aliphatic carbocycles. The maximum absolute atomic E-state index is 13.3. The molecule has 1 aromatic heterocycles. The van der Waals surface area contributed by atoms with Crippen LogP contribution in [-0.2, 0) is 29.1 Å². The molecule has 0 saturated heterocycles. The highest BCUT2D eigenvalue weighted by Gasteiger charge is 2.25. The summed E-state index contributed by atoms with van der Waals surface area (Å²) in [5.74, 6) is -0.708. The van der Waals surface area contributed by atoms with Gasteiger partial charge in [0.1, 0.15) is 11.9 Å². The van der Waals surface area contributed by atoms with Crippen LogP contribution in [0, 0.1) is 5.82 Å². The number of aryl methyl sites for hydroxylation is 1. The van der Waals surface area contributed by atoms with E-state index in [4.69, 9.17) is 0 Å². The minimum Gasteiger partial charge on any atom is -0.350 e. The second-order valence-corrected chi connectivity index (χ2v) is 7.38. The van der Waals surface area contributed by atoms with E-state index >= 15 is 0 Å². The number of pyridine rings is 1. The fraction of sp³-hybridized carbons (Fsp3) is 0.240. The lowest BCUT2D eigenvalue weighted by Crippen LogP contribution is -2.47. The van der Waals surface area contributed by atoms with Crippen LogP contribution in [0.2, 0.25) is 0 Å². The van der Waals surface area contributed by atoms with Crippen molar-refractivity contribution in [1.29, 1.82) is 0 Å². The molecule has 6 heteroatoms. The molecule has 3 rings (SSSR count). The molecular formula is C25H26FN3O2. The highest BCUT2D eigenvalue weighted by Crippen LogP contribution is 2.14. The van der Waals surface area contributed by atoms with Crippen molar-refractivity contribution in [2.75, 3.05) is 0 Å². The van der Waals surface area contributed by atoms with E-state index in [-0.39, 0.29) is 30.6 Å². The topological polar surface area (TPSA) is 62.3 Å². The third kappa shape index (κ3) is 6.74. The van der Waals surface area contributed by atoms with Crippen molar-refractivity contribution in [1.82, 2.24) is 15.2 Å². The second-order valence-electron chi connectivity index (χ2n) is 7.38. The zero-order chi connectivity index (χ0) is 22.1. The average molecular weight is 420 g/mol. The predicted octanol–water partition coefficient (Wildman–Crippen LogP) is 3.89. The Morgan fingerprint density at radius 2 is 1.61 bits per heavy atom. The van der Waals surface area contributed by atoms with Crippen molar-refractivity contribution >= 4 is 11.8 Å². The summed E-state index contributed by atoms with van der Waals surface area (Å²) in [5, 5.41) is 2.88. The molecule has 0 aliphatic heterocycles. The smallest absolute Gasteiger partial charge is 0.242 e. The van der Waals surface area contributed by atoms with E-state index in [0.717, 1.165) is 16.7 Å². The molecule has 31 heavy (non-hydrogen) atoms. The third-order valence-corrected chi connectivity index (χ3v) is 5.12. The summed E-state index contributed by atoms with van der Waals surface area (Å²) < 4.78 is 13.3. The van der Waals surface area contributed by atoms with Crippen molar-refractivity contribution in [3.63, 3.8) is 0 Å². The van der Waals surface area contributed by atoms with Crippen LogP contribution in [0.5, 0.6) is 0 Å². The monoisotopic (exact) mass is 419 g/mol. The van der Waals surface area contributed by atoms with Crippen LogP contribution in [0.1, 0.15) is 30.0 Å². The molecule has 0 bridgehead atoms. The maximum Gasteiger partial charge on any atom is 0.242 e. The van der Waals surface area contributed by atoms with Crippen molar-refractivity contribution in [2.24, 2.45) is 0 Å². The molecule has 3 aromatic rings. The number of rotatable bonds is 9. The van der Waals surface area contributed by atoms with Gasteiger partial charge in [0, 0.05) is 31.9 Å². The fourth-order valence-electron chi connectivity index (χ4n) is 3.25. The number of nitrogens with zero attached hydrogens (tertiary/aromatic N) is 2. The molecule has 1 unspecified atom stereocenters. The number of hydrogen-bond donors (Lipinski definition) is 1. The van der Waals surface area contributed by atoms with E-state index in [1.807, 2.05) is 42.5 Å². The highest BCUT2D eigenvalue weighted by molar-refractivity contribution is 5.87. The molecule has 0 saturated carbocycles. The molecule has 1 heterocycles. The lowest BCUT2D eigenvalue weighted by molar-refractivity contribution is -0.140. The Balaban J connectivity index is 1.69. The maximum atomic E-state index is 13.3. The molecule has 1 atom stereocenters. The van der Waals surface area contributed by atoms with Crippen LogP contribution in [-0.4, -0.2) is 27.7 Å². The Hall–Kier alpha value is -3.54. The molecular weight excluding hydrogens is 393 g/mol. The van der Waals surface area contributed by atoms with Crippen LogP contribution in [0.15, 0.2) is 79.1 Å². The molecule has 0 fully saturated rings. The summed E-state index contributed by atoms with van der Waals surface area (Å²) in [7, 11) is 0. The summed E-state index contributed by atoms with van der Waals surface area (Å²) in [6, 6.07) is 18.7. The minimum atomic E-state index is -0.671. The van der Waals surface area contributed by atoms with Gasteiger partial charge in [-0.3, -0.25) is 14.6 Å². The molecule has 0 radical (unpaired) electrons. The summed E-state index contributed by atoms with van der Waals surface area (Å²) in [5.41, 5.74) is 2.76.